The molecule has 100 valence electrons. The van der Waals surface area contributed by atoms with Crippen LogP contribution in [-0.4, -0.2) is 27.7 Å². The zero-order valence-electron chi connectivity index (χ0n) is 11.2. The van der Waals surface area contributed by atoms with E-state index >= 15 is 0 Å². The van der Waals surface area contributed by atoms with Crippen LogP contribution in [0.25, 0.3) is 0 Å². The van der Waals surface area contributed by atoms with Gasteiger partial charge in [-0.25, -0.2) is 0 Å². The molecule has 0 fully saturated rings. The molecule has 2 aromatic heterocycles. The number of carbonyl (C=O) groups excluding carboxylic acids is 1. The smallest absolute Gasteiger partial charge is 0.274 e. The molecular formula is C13H17N5O. The van der Waals surface area contributed by atoms with E-state index in [0.717, 1.165) is 5.69 Å². The lowest BCUT2D eigenvalue weighted by Gasteiger charge is -2.05. The number of aromatic nitrogens is 3. The van der Waals surface area contributed by atoms with Crippen molar-refractivity contribution in [2.75, 3.05) is 17.7 Å². The molecule has 6 nitrogen and oxygen atoms in total. The molecule has 0 spiro atoms. The first kappa shape index (κ1) is 13.1. The average Bonchev–Trinajstić information content (AvgIpc) is 2.87. The van der Waals surface area contributed by atoms with Gasteiger partial charge in [-0.2, -0.15) is 5.10 Å². The van der Waals surface area contributed by atoms with Gasteiger partial charge in [0.2, 0.25) is 0 Å². The highest BCUT2D eigenvalue weighted by Crippen LogP contribution is 2.12. The van der Waals surface area contributed by atoms with Crippen molar-refractivity contribution in [3.05, 3.63) is 36.4 Å². The van der Waals surface area contributed by atoms with Crippen LogP contribution >= 0.6 is 0 Å². The van der Waals surface area contributed by atoms with Gasteiger partial charge in [-0.3, -0.25) is 14.5 Å². The quantitative estimate of drug-likeness (QED) is 0.882. The minimum atomic E-state index is -0.250. The van der Waals surface area contributed by atoms with Gasteiger partial charge < -0.3 is 10.6 Å². The van der Waals surface area contributed by atoms with E-state index < -0.39 is 0 Å². The Morgan fingerprint density at radius 3 is 2.79 bits per heavy atom. The summed E-state index contributed by atoms with van der Waals surface area (Å²) in [7, 11) is 1.80. The first-order valence-corrected chi connectivity index (χ1v) is 6.09. The largest absolute Gasteiger partial charge is 0.388 e. The molecular weight excluding hydrogens is 242 g/mol. The van der Waals surface area contributed by atoms with E-state index in [1.807, 2.05) is 13.8 Å². The van der Waals surface area contributed by atoms with Crippen LogP contribution in [0.3, 0.4) is 0 Å². The van der Waals surface area contributed by atoms with E-state index in [4.69, 9.17) is 0 Å². The predicted molar refractivity (Wildman–Crippen MR) is 74.3 cm³/mol. The lowest BCUT2D eigenvalue weighted by molar-refractivity contribution is 0.102. The maximum atomic E-state index is 12.0. The Morgan fingerprint density at radius 2 is 2.16 bits per heavy atom. The van der Waals surface area contributed by atoms with Crippen molar-refractivity contribution in [3.63, 3.8) is 0 Å². The summed E-state index contributed by atoms with van der Waals surface area (Å²) in [5.41, 5.74) is 1.87. The van der Waals surface area contributed by atoms with E-state index in [1.54, 1.807) is 42.5 Å². The molecule has 19 heavy (non-hydrogen) atoms. The maximum Gasteiger partial charge on any atom is 0.274 e. The lowest BCUT2D eigenvalue weighted by Crippen LogP contribution is -2.13. The third-order valence-corrected chi connectivity index (χ3v) is 2.67. The summed E-state index contributed by atoms with van der Waals surface area (Å²) in [6, 6.07) is 3.76. The highest BCUT2D eigenvalue weighted by molar-refractivity contribution is 6.03. The summed E-state index contributed by atoms with van der Waals surface area (Å²) in [5, 5.41) is 9.91. The Labute approximate surface area is 111 Å². The van der Waals surface area contributed by atoms with Gasteiger partial charge in [-0.15, -0.1) is 0 Å². The molecule has 0 saturated carbocycles. The Hall–Kier alpha value is -2.37. The third kappa shape index (κ3) is 3.09. The molecule has 0 bridgehead atoms. The zero-order valence-corrected chi connectivity index (χ0v) is 11.2. The minimum Gasteiger partial charge on any atom is -0.388 e. The summed E-state index contributed by atoms with van der Waals surface area (Å²) in [6.07, 6.45) is 5.02. The highest BCUT2D eigenvalue weighted by atomic mass is 16.1. The summed E-state index contributed by atoms with van der Waals surface area (Å²) in [6.45, 7) is 4.05. The van der Waals surface area contributed by atoms with Crippen molar-refractivity contribution < 1.29 is 4.79 Å². The minimum absolute atomic E-state index is 0.250. The van der Waals surface area contributed by atoms with Crippen LogP contribution in [0.5, 0.6) is 0 Å². The van der Waals surface area contributed by atoms with E-state index in [2.05, 4.69) is 20.7 Å². The topological polar surface area (TPSA) is 71.8 Å². The van der Waals surface area contributed by atoms with Crippen molar-refractivity contribution in [3.8, 4) is 0 Å². The second-order valence-corrected chi connectivity index (χ2v) is 4.44. The molecule has 0 aliphatic carbocycles. The van der Waals surface area contributed by atoms with Gasteiger partial charge in [0.1, 0.15) is 5.69 Å². The fraction of sp³-hybridized carbons (Fsp3) is 0.308. The number of pyridine rings is 1. The van der Waals surface area contributed by atoms with Crippen molar-refractivity contribution in [2.24, 2.45) is 0 Å². The number of nitrogens with one attached hydrogen (secondary N) is 2. The van der Waals surface area contributed by atoms with Crippen LogP contribution in [0.15, 0.2) is 30.7 Å². The summed E-state index contributed by atoms with van der Waals surface area (Å²) < 4.78 is 1.78. The molecule has 0 aliphatic rings. The van der Waals surface area contributed by atoms with Gasteiger partial charge in [0.05, 0.1) is 11.9 Å². The molecule has 0 atom stereocenters. The fourth-order valence-electron chi connectivity index (χ4n) is 1.59. The second kappa shape index (κ2) is 5.51. The summed E-state index contributed by atoms with van der Waals surface area (Å²) in [4.78, 5) is 16.1. The molecule has 0 aromatic carbocycles. The van der Waals surface area contributed by atoms with Crippen molar-refractivity contribution in [2.45, 2.75) is 19.9 Å². The Bertz CT molecular complexity index is 576. The van der Waals surface area contributed by atoms with Crippen LogP contribution in [0.4, 0.5) is 11.4 Å². The summed E-state index contributed by atoms with van der Waals surface area (Å²) >= 11 is 0. The number of amides is 1. The van der Waals surface area contributed by atoms with Gasteiger partial charge >= 0.3 is 0 Å². The van der Waals surface area contributed by atoms with Gasteiger partial charge in [0, 0.05) is 31.2 Å². The van der Waals surface area contributed by atoms with Crippen LogP contribution in [0.1, 0.15) is 30.4 Å². The molecule has 0 unspecified atom stereocenters. The van der Waals surface area contributed by atoms with Gasteiger partial charge in [-0.05, 0) is 26.0 Å². The van der Waals surface area contributed by atoms with E-state index in [9.17, 15) is 4.79 Å². The zero-order chi connectivity index (χ0) is 13.8. The van der Waals surface area contributed by atoms with E-state index in [1.165, 1.54) is 0 Å². The normalized spacial score (nSPS) is 10.5. The van der Waals surface area contributed by atoms with Crippen molar-refractivity contribution in [1.29, 1.82) is 0 Å². The van der Waals surface area contributed by atoms with Crippen LogP contribution < -0.4 is 10.6 Å². The van der Waals surface area contributed by atoms with Crippen LogP contribution in [-0.2, 0) is 0 Å². The first-order valence-electron chi connectivity index (χ1n) is 6.09. The maximum absolute atomic E-state index is 12.0. The van der Waals surface area contributed by atoms with Crippen LogP contribution in [0, 0.1) is 0 Å². The summed E-state index contributed by atoms with van der Waals surface area (Å²) in [5.74, 6) is -0.250. The monoisotopic (exact) mass is 259 g/mol. The van der Waals surface area contributed by atoms with E-state index in [0.29, 0.717) is 11.4 Å². The number of hydrogen-bond acceptors (Lipinski definition) is 4. The molecule has 0 radical (unpaired) electrons. The molecule has 2 aromatic rings. The second-order valence-electron chi connectivity index (χ2n) is 4.44. The Balaban J connectivity index is 2.11. The SMILES string of the molecule is CNc1ccnc(C(=O)Nc2cnn(C(C)C)c2)c1. The standard InChI is InChI=1S/C13H17N5O/c1-9(2)18-8-11(7-16-18)17-13(19)12-6-10(14-3)4-5-15-12/h4-9H,1-3H3,(H,14,15)(H,17,19). The molecule has 0 saturated heterocycles. The molecule has 2 heterocycles. The van der Waals surface area contributed by atoms with Crippen LogP contribution in [0.2, 0.25) is 0 Å². The van der Waals surface area contributed by atoms with Crippen molar-refractivity contribution in [1.82, 2.24) is 14.8 Å². The lowest BCUT2D eigenvalue weighted by atomic mass is 10.3. The Morgan fingerprint density at radius 1 is 1.37 bits per heavy atom. The number of rotatable bonds is 4. The van der Waals surface area contributed by atoms with Crippen molar-refractivity contribution >= 4 is 17.3 Å². The third-order valence-electron chi connectivity index (χ3n) is 2.67. The first-order chi connectivity index (χ1) is 9.10. The molecule has 0 aliphatic heterocycles. The van der Waals surface area contributed by atoms with Gasteiger partial charge in [0.15, 0.2) is 0 Å². The molecule has 1 amide bonds. The number of nitrogens with zero attached hydrogens (tertiary/aromatic N) is 3. The van der Waals surface area contributed by atoms with Gasteiger partial charge in [-0.1, -0.05) is 0 Å². The molecule has 2 rings (SSSR count). The predicted octanol–water partition coefficient (Wildman–Crippen LogP) is 2.15. The molecule has 2 N–H and O–H groups in total. The fourth-order valence-corrected chi connectivity index (χ4v) is 1.59. The number of anilines is 2. The molecule has 6 heteroatoms. The Kier molecular flexibility index (Phi) is 3.79. The average molecular weight is 259 g/mol. The highest BCUT2D eigenvalue weighted by Gasteiger charge is 2.10. The number of carbonyl (C=O) groups is 1. The van der Waals surface area contributed by atoms with E-state index in [-0.39, 0.29) is 11.9 Å². The number of hydrogen-bond donors (Lipinski definition) is 2. The van der Waals surface area contributed by atoms with Gasteiger partial charge in [0.25, 0.3) is 5.91 Å².